The molecule has 0 aliphatic heterocycles. The predicted octanol–water partition coefficient (Wildman–Crippen LogP) is 0.575. The van der Waals surface area contributed by atoms with E-state index in [1.54, 1.807) is 17.0 Å². The Morgan fingerprint density at radius 2 is 2.00 bits per heavy atom. The number of nitrogens with zero attached hydrogens (tertiary/aromatic N) is 4. The second-order valence-corrected chi connectivity index (χ2v) is 2.96. The van der Waals surface area contributed by atoms with Gasteiger partial charge in [-0.25, -0.2) is 19.7 Å². The molecule has 0 aromatic carbocycles. The van der Waals surface area contributed by atoms with Crippen molar-refractivity contribution in [2.45, 2.75) is 0 Å². The van der Waals surface area contributed by atoms with Crippen LogP contribution >= 0.6 is 0 Å². The summed E-state index contributed by atoms with van der Waals surface area (Å²) in [5.74, 6) is -0.0270. The predicted molar refractivity (Wildman–Crippen MR) is 51.2 cm³/mol. The highest BCUT2D eigenvalue weighted by molar-refractivity contribution is 5.86. The van der Waals surface area contributed by atoms with Gasteiger partial charge in [-0.1, -0.05) is 0 Å². The van der Waals surface area contributed by atoms with Gasteiger partial charge in [0, 0.05) is 31.8 Å². The van der Waals surface area contributed by atoms with E-state index < -0.39 is 5.97 Å². The van der Waals surface area contributed by atoms with Crippen molar-refractivity contribution in [3.63, 3.8) is 0 Å². The number of carbonyl (C=O) groups is 1. The molecule has 0 amide bonds. The van der Waals surface area contributed by atoms with Gasteiger partial charge < -0.3 is 9.67 Å². The van der Waals surface area contributed by atoms with Crippen LogP contribution in [0.1, 0.15) is 10.4 Å². The molecule has 15 heavy (non-hydrogen) atoms. The largest absolute Gasteiger partial charge is 0.478 e. The van der Waals surface area contributed by atoms with E-state index in [-0.39, 0.29) is 5.56 Å². The fourth-order valence-corrected chi connectivity index (χ4v) is 1.14. The van der Waals surface area contributed by atoms with Crippen LogP contribution in [0.2, 0.25) is 0 Å². The number of hydrogen-bond acceptors (Lipinski definition) is 4. The number of aromatic nitrogens is 4. The van der Waals surface area contributed by atoms with Crippen molar-refractivity contribution in [3.8, 4) is 11.6 Å². The molecule has 6 nitrogen and oxygen atoms in total. The fraction of sp³-hybridized carbons (Fsp3) is 0.111. The molecule has 0 saturated carbocycles. The minimum atomic E-state index is -1.04. The Bertz CT molecular complexity index is 489. The molecule has 0 fully saturated rings. The van der Waals surface area contributed by atoms with Crippen LogP contribution in [0.4, 0.5) is 0 Å². The first-order valence-corrected chi connectivity index (χ1v) is 4.21. The number of rotatable bonds is 2. The van der Waals surface area contributed by atoms with Gasteiger partial charge in [-0.15, -0.1) is 0 Å². The van der Waals surface area contributed by atoms with Gasteiger partial charge in [0.15, 0.2) is 11.6 Å². The maximum atomic E-state index is 10.6. The number of hydrogen-bond donors (Lipinski definition) is 1. The van der Waals surface area contributed by atoms with Crippen molar-refractivity contribution >= 4 is 5.97 Å². The van der Waals surface area contributed by atoms with Gasteiger partial charge in [0.05, 0.1) is 5.56 Å². The highest BCUT2D eigenvalue weighted by Gasteiger charge is 2.08. The molecule has 2 rings (SSSR count). The number of imidazole rings is 1. The normalized spacial score (nSPS) is 10.2. The second kappa shape index (κ2) is 3.49. The minimum absolute atomic E-state index is 0.0629. The molecule has 2 heterocycles. The van der Waals surface area contributed by atoms with Gasteiger partial charge in [-0.2, -0.15) is 0 Å². The van der Waals surface area contributed by atoms with Crippen molar-refractivity contribution in [2.24, 2.45) is 7.05 Å². The summed E-state index contributed by atoms with van der Waals surface area (Å²) in [6, 6.07) is 0. The van der Waals surface area contributed by atoms with Crippen molar-refractivity contribution in [2.75, 3.05) is 0 Å². The molecule has 6 heteroatoms. The summed E-state index contributed by atoms with van der Waals surface area (Å²) in [5, 5.41) is 8.66. The van der Waals surface area contributed by atoms with Gasteiger partial charge in [0.1, 0.15) is 0 Å². The third-order valence-electron chi connectivity index (χ3n) is 1.92. The lowest BCUT2D eigenvalue weighted by molar-refractivity contribution is 0.0696. The highest BCUT2D eigenvalue weighted by Crippen LogP contribution is 2.10. The van der Waals surface area contributed by atoms with Gasteiger partial charge in [0.25, 0.3) is 0 Å². The Labute approximate surface area is 85.3 Å². The molecule has 0 spiro atoms. The first-order chi connectivity index (χ1) is 7.18. The Hall–Kier alpha value is -2.24. The topological polar surface area (TPSA) is 80.9 Å². The monoisotopic (exact) mass is 204 g/mol. The Kier molecular flexibility index (Phi) is 2.17. The lowest BCUT2D eigenvalue weighted by Gasteiger charge is -1.99. The van der Waals surface area contributed by atoms with E-state index in [2.05, 4.69) is 15.0 Å². The van der Waals surface area contributed by atoms with Crippen LogP contribution in [0.15, 0.2) is 24.8 Å². The summed E-state index contributed by atoms with van der Waals surface area (Å²) in [6.07, 6.45) is 5.92. The smallest absolute Gasteiger partial charge is 0.338 e. The van der Waals surface area contributed by atoms with Gasteiger partial charge >= 0.3 is 5.97 Å². The van der Waals surface area contributed by atoms with Crippen LogP contribution in [0.5, 0.6) is 0 Å². The zero-order valence-electron chi connectivity index (χ0n) is 7.95. The SMILES string of the molecule is Cn1ccnc1-c1ncc(C(=O)O)cn1. The van der Waals surface area contributed by atoms with Crippen LogP contribution in [0, 0.1) is 0 Å². The molecular weight excluding hydrogens is 196 g/mol. The van der Waals surface area contributed by atoms with E-state index in [1.807, 2.05) is 7.05 Å². The standard InChI is InChI=1S/C9H8N4O2/c1-13-3-2-10-8(13)7-11-4-6(5-12-7)9(14)15/h2-5H,1H3,(H,14,15). The number of carboxylic acid groups (broad SMARTS) is 1. The maximum absolute atomic E-state index is 10.6. The van der Waals surface area contributed by atoms with Crippen molar-refractivity contribution in [3.05, 3.63) is 30.4 Å². The minimum Gasteiger partial charge on any atom is -0.478 e. The van der Waals surface area contributed by atoms with Crippen LogP contribution in [-0.4, -0.2) is 30.6 Å². The molecule has 0 aliphatic rings. The van der Waals surface area contributed by atoms with Gasteiger partial charge in [-0.3, -0.25) is 0 Å². The Morgan fingerprint density at radius 1 is 1.33 bits per heavy atom. The number of aryl methyl sites for hydroxylation is 1. The molecule has 76 valence electrons. The van der Waals surface area contributed by atoms with E-state index in [9.17, 15) is 4.79 Å². The first-order valence-electron chi connectivity index (χ1n) is 4.21. The van der Waals surface area contributed by atoms with E-state index in [0.717, 1.165) is 0 Å². The van der Waals surface area contributed by atoms with Crippen molar-refractivity contribution in [1.29, 1.82) is 0 Å². The Balaban J connectivity index is 2.40. The second-order valence-electron chi connectivity index (χ2n) is 2.96. The summed E-state index contributed by atoms with van der Waals surface area (Å²) < 4.78 is 1.76. The van der Waals surface area contributed by atoms with Crippen LogP contribution in [0.25, 0.3) is 11.6 Å². The third kappa shape index (κ3) is 1.69. The Morgan fingerprint density at radius 3 is 2.47 bits per heavy atom. The summed E-state index contributed by atoms with van der Waals surface area (Å²) >= 11 is 0. The van der Waals surface area contributed by atoms with Crippen LogP contribution in [-0.2, 0) is 7.05 Å². The summed E-state index contributed by atoms with van der Waals surface area (Å²) in [4.78, 5) is 22.5. The molecule has 1 N–H and O–H groups in total. The lowest BCUT2D eigenvalue weighted by atomic mass is 10.3. The molecule has 0 saturated heterocycles. The average molecular weight is 204 g/mol. The molecule has 0 bridgehead atoms. The summed E-state index contributed by atoms with van der Waals surface area (Å²) in [6.45, 7) is 0. The van der Waals surface area contributed by atoms with E-state index >= 15 is 0 Å². The van der Waals surface area contributed by atoms with E-state index in [1.165, 1.54) is 12.4 Å². The zero-order valence-corrected chi connectivity index (χ0v) is 7.95. The van der Waals surface area contributed by atoms with Gasteiger partial charge in [-0.05, 0) is 0 Å². The first kappa shape index (κ1) is 9.32. The zero-order chi connectivity index (χ0) is 10.8. The summed E-state index contributed by atoms with van der Waals surface area (Å²) in [7, 11) is 1.82. The van der Waals surface area contributed by atoms with Gasteiger partial charge in [0.2, 0.25) is 0 Å². The molecule has 2 aromatic rings. The van der Waals surface area contributed by atoms with E-state index in [4.69, 9.17) is 5.11 Å². The third-order valence-corrected chi connectivity index (χ3v) is 1.92. The van der Waals surface area contributed by atoms with Crippen molar-refractivity contribution < 1.29 is 9.90 Å². The average Bonchev–Trinajstić information content (AvgIpc) is 2.65. The quantitative estimate of drug-likeness (QED) is 0.773. The number of aromatic carboxylic acids is 1. The van der Waals surface area contributed by atoms with Crippen molar-refractivity contribution in [1.82, 2.24) is 19.5 Å². The van der Waals surface area contributed by atoms with E-state index in [0.29, 0.717) is 11.6 Å². The molecule has 0 aliphatic carbocycles. The maximum Gasteiger partial charge on any atom is 0.338 e. The molecule has 0 radical (unpaired) electrons. The van der Waals surface area contributed by atoms with Crippen LogP contribution in [0.3, 0.4) is 0 Å². The lowest BCUT2D eigenvalue weighted by Crippen LogP contribution is -2.01. The molecule has 0 unspecified atom stereocenters. The fourth-order valence-electron chi connectivity index (χ4n) is 1.14. The number of carboxylic acids is 1. The molecular formula is C9H8N4O2. The summed E-state index contributed by atoms with van der Waals surface area (Å²) in [5.41, 5.74) is 0.0629. The molecule has 2 aromatic heterocycles. The van der Waals surface area contributed by atoms with Crippen LogP contribution < -0.4 is 0 Å². The molecule has 0 atom stereocenters. The highest BCUT2D eigenvalue weighted by atomic mass is 16.4.